The van der Waals surface area contributed by atoms with Crippen LogP contribution >= 0.6 is 0 Å². The number of alkyl carbamates (subject to hydrolysis) is 1. The number of carbonyl (C=O) groups excluding carboxylic acids is 1. The fraction of sp³-hybridized carbons (Fsp3) is 0.588. The van der Waals surface area contributed by atoms with Gasteiger partial charge < -0.3 is 20.1 Å². The lowest BCUT2D eigenvalue weighted by Gasteiger charge is -2.19. The van der Waals surface area contributed by atoms with E-state index in [9.17, 15) is 4.79 Å². The molecule has 0 aliphatic heterocycles. The molecule has 2 unspecified atom stereocenters. The maximum Gasteiger partial charge on any atom is 0.407 e. The van der Waals surface area contributed by atoms with Crippen molar-refractivity contribution in [3.05, 3.63) is 29.8 Å². The number of nitrogens with one attached hydrogen (secondary N) is 2. The van der Waals surface area contributed by atoms with E-state index < -0.39 is 5.60 Å². The van der Waals surface area contributed by atoms with E-state index in [4.69, 9.17) is 9.47 Å². The highest BCUT2D eigenvalue weighted by atomic mass is 16.6. The Morgan fingerprint density at radius 3 is 2.50 bits per heavy atom. The molecule has 2 N–H and O–H groups in total. The largest absolute Gasteiger partial charge is 0.494 e. The molecule has 1 saturated carbocycles. The Hall–Kier alpha value is -1.75. The third-order valence-corrected chi connectivity index (χ3v) is 3.30. The molecule has 22 heavy (non-hydrogen) atoms. The Morgan fingerprint density at radius 1 is 1.23 bits per heavy atom. The molecule has 1 amide bonds. The van der Waals surface area contributed by atoms with Gasteiger partial charge in [0.05, 0.1) is 6.61 Å². The van der Waals surface area contributed by atoms with Crippen molar-refractivity contribution in [3.8, 4) is 5.75 Å². The molecular weight excluding hydrogens is 280 g/mol. The number of amides is 1. The van der Waals surface area contributed by atoms with E-state index >= 15 is 0 Å². The first-order valence-electron chi connectivity index (χ1n) is 7.82. The molecule has 1 aromatic rings. The molecule has 0 saturated heterocycles. The van der Waals surface area contributed by atoms with Gasteiger partial charge >= 0.3 is 6.09 Å². The Bertz CT molecular complexity index is 494. The van der Waals surface area contributed by atoms with Crippen LogP contribution in [0.15, 0.2) is 24.3 Å². The summed E-state index contributed by atoms with van der Waals surface area (Å²) in [5, 5.41) is 6.31. The average molecular weight is 306 g/mol. The molecule has 122 valence electrons. The number of hydrogen-bond donors (Lipinski definition) is 2. The number of ether oxygens (including phenoxy) is 2. The number of benzene rings is 1. The third kappa shape index (κ3) is 5.56. The average Bonchev–Trinajstić information content (AvgIpc) is 3.14. The topological polar surface area (TPSA) is 59.6 Å². The molecule has 0 aromatic heterocycles. The summed E-state index contributed by atoms with van der Waals surface area (Å²) < 4.78 is 10.7. The van der Waals surface area contributed by atoms with Crippen molar-refractivity contribution < 1.29 is 14.3 Å². The zero-order valence-corrected chi connectivity index (χ0v) is 13.8. The van der Waals surface area contributed by atoms with E-state index in [1.54, 1.807) is 0 Å². The van der Waals surface area contributed by atoms with E-state index in [1.807, 2.05) is 39.8 Å². The van der Waals surface area contributed by atoms with Crippen LogP contribution in [0.3, 0.4) is 0 Å². The summed E-state index contributed by atoms with van der Waals surface area (Å²) in [6, 6.07) is 8.54. The molecule has 2 rings (SSSR count). The van der Waals surface area contributed by atoms with Gasteiger partial charge in [-0.2, -0.15) is 0 Å². The minimum atomic E-state index is -0.454. The van der Waals surface area contributed by atoms with E-state index in [0.29, 0.717) is 12.6 Å². The van der Waals surface area contributed by atoms with E-state index in [0.717, 1.165) is 18.7 Å². The van der Waals surface area contributed by atoms with Crippen LogP contribution in [0.25, 0.3) is 0 Å². The molecule has 1 aliphatic rings. The van der Waals surface area contributed by atoms with Crippen LogP contribution in [0.1, 0.15) is 39.7 Å². The summed E-state index contributed by atoms with van der Waals surface area (Å²) in [5.74, 6) is 0.891. The molecule has 1 aliphatic carbocycles. The van der Waals surface area contributed by atoms with Crippen LogP contribution in [-0.2, 0) is 11.3 Å². The normalized spacial score (nSPS) is 20.4. The molecule has 0 bridgehead atoms. The van der Waals surface area contributed by atoms with Gasteiger partial charge in [0, 0.05) is 18.6 Å². The lowest BCUT2D eigenvalue weighted by atomic mass is 10.2. The second-order valence-corrected chi connectivity index (χ2v) is 6.55. The van der Waals surface area contributed by atoms with Crippen LogP contribution < -0.4 is 15.4 Å². The summed E-state index contributed by atoms with van der Waals surface area (Å²) in [6.07, 6.45) is 0.596. The molecule has 1 aromatic carbocycles. The molecule has 0 radical (unpaired) electrons. The predicted octanol–water partition coefficient (Wildman–Crippen LogP) is 2.84. The van der Waals surface area contributed by atoms with Crippen LogP contribution in [0, 0.1) is 0 Å². The summed E-state index contributed by atoms with van der Waals surface area (Å²) >= 11 is 0. The summed E-state index contributed by atoms with van der Waals surface area (Å²) in [6.45, 7) is 9.02. The lowest BCUT2D eigenvalue weighted by Crippen LogP contribution is -2.36. The molecule has 2 atom stereocenters. The minimum absolute atomic E-state index is 0.164. The van der Waals surface area contributed by atoms with Crippen molar-refractivity contribution in [1.82, 2.24) is 10.6 Å². The maximum absolute atomic E-state index is 11.7. The second-order valence-electron chi connectivity index (χ2n) is 6.55. The fourth-order valence-electron chi connectivity index (χ4n) is 2.16. The number of hydrogen-bond acceptors (Lipinski definition) is 4. The lowest BCUT2D eigenvalue weighted by molar-refractivity contribution is 0.0522. The van der Waals surface area contributed by atoms with Gasteiger partial charge in [-0.25, -0.2) is 4.79 Å². The Morgan fingerprint density at radius 2 is 1.91 bits per heavy atom. The first-order valence-corrected chi connectivity index (χ1v) is 7.82. The van der Waals surface area contributed by atoms with Crippen molar-refractivity contribution in [2.45, 2.75) is 58.3 Å². The molecule has 5 nitrogen and oxygen atoms in total. The summed E-state index contributed by atoms with van der Waals surface area (Å²) in [7, 11) is 0. The van der Waals surface area contributed by atoms with Gasteiger partial charge in [-0.15, -0.1) is 0 Å². The van der Waals surface area contributed by atoms with Gasteiger partial charge in [-0.1, -0.05) is 12.1 Å². The first kappa shape index (κ1) is 16.6. The van der Waals surface area contributed by atoms with Crippen LogP contribution in [0.2, 0.25) is 0 Å². The van der Waals surface area contributed by atoms with E-state index in [1.165, 1.54) is 5.56 Å². The predicted molar refractivity (Wildman–Crippen MR) is 86.0 cm³/mol. The second kappa shape index (κ2) is 7.01. The molecular formula is C17H26N2O3. The quantitative estimate of drug-likeness (QED) is 0.848. The van der Waals surface area contributed by atoms with Crippen molar-refractivity contribution in [2.75, 3.05) is 6.61 Å². The standard InChI is InChI=1S/C17H26N2O3/c1-5-21-13-8-6-12(7-9-13)11-18-14-10-15(14)19-16(20)22-17(2,3)4/h6-9,14-15,18H,5,10-11H2,1-4H3,(H,19,20). The molecule has 0 spiro atoms. The van der Waals surface area contributed by atoms with Gasteiger partial charge in [0.25, 0.3) is 0 Å². The zero-order chi connectivity index (χ0) is 16.2. The van der Waals surface area contributed by atoms with Gasteiger partial charge in [0.15, 0.2) is 0 Å². The monoisotopic (exact) mass is 306 g/mol. The van der Waals surface area contributed by atoms with E-state index in [2.05, 4.69) is 22.8 Å². The Kier molecular flexibility index (Phi) is 5.29. The molecule has 5 heteroatoms. The Labute approximate surface area is 132 Å². The molecule has 1 fully saturated rings. The smallest absolute Gasteiger partial charge is 0.407 e. The number of carbonyl (C=O) groups is 1. The van der Waals surface area contributed by atoms with Crippen LogP contribution in [-0.4, -0.2) is 30.4 Å². The minimum Gasteiger partial charge on any atom is -0.494 e. The number of rotatable bonds is 6. The zero-order valence-electron chi connectivity index (χ0n) is 13.8. The summed E-state index contributed by atoms with van der Waals surface area (Å²) in [5.41, 5.74) is 0.746. The Balaban J connectivity index is 1.68. The van der Waals surface area contributed by atoms with Gasteiger partial charge in [0.2, 0.25) is 0 Å². The summed E-state index contributed by atoms with van der Waals surface area (Å²) in [4.78, 5) is 11.7. The van der Waals surface area contributed by atoms with Crippen molar-refractivity contribution in [1.29, 1.82) is 0 Å². The van der Waals surface area contributed by atoms with E-state index in [-0.39, 0.29) is 12.1 Å². The highest BCUT2D eigenvalue weighted by Gasteiger charge is 2.38. The molecule has 0 heterocycles. The maximum atomic E-state index is 11.7. The van der Waals surface area contributed by atoms with Gasteiger partial charge in [0.1, 0.15) is 11.4 Å². The fourth-order valence-corrected chi connectivity index (χ4v) is 2.16. The highest BCUT2D eigenvalue weighted by molar-refractivity contribution is 5.68. The van der Waals surface area contributed by atoms with Crippen LogP contribution in [0.4, 0.5) is 4.79 Å². The van der Waals surface area contributed by atoms with Crippen molar-refractivity contribution in [3.63, 3.8) is 0 Å². The third-order valence-electron chi connectivity index (χ3n) is 3.30. The van der Waals surface area contributed by atoms with Crippen molar-refractivity contribution in [2.24, 2.45) is 0 Å². The van der Waals surface area contributed by atoms with Gasteiger partial charge in [-0.3, -0.25) is 0 Å². The first-order chi connectivity index (χ1) is 10.4. The highest BCUT2D eigenvalue weighted by Crippen LogP contribution is 2.22. The van der Waals surface area contributed by atoms with Gasteiger partial charge in [-0.05, 0) is 51.8 Å². The van der Waals surface area contributed by atoms with Crippen LogP contribution in [0.5, 0.6) is 5.75 Å². The SMILES string of the molecule is CCOc1ccc(CNC2CC2NC(=O)OC(C)(C)C)cc1. The van der Waals surface area contributed by atoms with Crippen molar-refractivity contribution >= 4 is 6.09 Å².